The molecule has 1 aliphatic rings. The van der Waals surface area contributed by atoms with Gasteiger partial charge in [-0.3, -0.25) is 14.5 Å². The van der Waals surface area contributed by atoms with Gasteiger partial charge in [0.15, 0.2) is 0 Å². The fourth-order valence-electron chi connectivity index (χ4n) is 2.90. The minimum atomic E-state index is -0.396. The average molecular weight is 344 g/mol. The molecule has 0 aliphatic carbocycles. The lowest BCUT2D eigenvalue weighted by Crippen LogP contribution is -2.51. The van der Waals surface area contributed by atoms with Crippen LogP contribution < -0.4 is 5.56 Å². The Kier molecular flexibility index (Phi) is 4.94. The van der Waals surface area contributed by atoms with E-state index in [0.29, 0.717) is 24.8 Å². The molecule has 25 heavy (non-hydrogen) atoms. The fraction of sp³-hybridized carbons (Fsp3) is 0.389. The van der Waals surface area contributed by atoms with Gasteiger partial charge in [-0.25, -0.2) is 4.39 Å². The van der Waals surface area contributed by atoms with E-state index in [4.69, 9.17) is 0 Å². The Hall–Kier alpha value is -2.54. The van der Waals surface area contributed by atoms with Crippen LogP contribution in [0.15, 0.2) is 41.2 Å². The molecule has 7 heteroatoms. The predicted octanol–water partition coefficient (Wildman–Crippen LogP) is 1.54. The van der Waals surface area contributed by atoms with E-state index >= 15 is 0 Å². The van der Waals surface area contributed by atoms with Gasteiger partial charge in [0.2, 0.25) is 0 Å². The van der Waals surface area contributed by atoms with E-state index in [1.807, 2.05) is 0 Å². The van der Waals surface area contributed by atoms with Crippen molar-refractivity contribution in [1.29, 1.82) is 0 Å². The molecule has 0 bridgehead atoms. The molecule has 1 amide bonds. The van der Waals surface area contributed by atoms with Crippen molar-refractivity contribution in [2.45, 2.75) is 19.9 Å². The largest absolute Gasteiger partial charge is 0.335 e. The first-order chi connectivity index (χ1) is 12.0. The Morgan fingerprint density at radius 1 is 1.04 bits per heavy atom. The first-order valence-corrected chi connectivity index (χ1v) is 8.35. The quantitative estimate of drug-likeness (QED) is 0.847. The summed E-state index contributed by atoms with van der Waals surface area (Å²) < 4.78 is 14.2. The number of amides is 1. The van der Waals surface area contributed by atoms with Gasteiger partial charge in [0, 0.05) is 38.3 Å². The van der Waals surface area contributed by atoms with Crippen LogP contribution in [0.2, 0.25) is 0 Å². The number of aromatic nitrogens is 2. The summed E-state index contributed by atoms with van der Waals surface area (Å²) in [6, 6.07) is 8.63. The molecule has 0 spiro atoms. The Bertz CT molecular complexity index is 809. The predicted molar refractivity (Wildman–Crippen MR) is 92.4 cm³/mol. The third-order valence-corrected chi connectivity index (χ3v) is 4.42. The molecule has 6 nitrogen and oxygen atoms in total. The van der Waals surface area contributed by atoms with Crippen LogP contribution in [0.5, 0.6) is 0 Å². The minimum Gasteiger partial charge on any atom is -0.335 e. The van der Waals surface area contributed by atoms with Crippen molar-refractivity contribution in [1.82, 2.24) is 19.6 Å². The van der Waals surface area contributed by atoms with E-state index in [1.54, 1.807) is 4.90 Å². The molecular weight excluding hydrogens is 323 g/mol. The van der Waals surface area contributed by atoms with Gasteiger partial charge in [0.25, 0.3) is 11.5 Å². The second-order valence-corrected chi connectivity index (χ2v) is 6.37. The monoisotopic (exact) mass is 344 g/mol. The highest BCUT2D eigenvalue weighted by atomic mass is 19.1. The maximum Gasteiger partial charge on any atom is 0.274 e. The van der Waals surface area contributed by atoms with E-state index in [9.17, 15) is 14.0 Å². The Morgan fingerprint density at radius 3 is 2.28 bits per heavy atom. The number of benzene rings is 1. The first kappa shape index (κ1) is 17.3. The first-order valence-electron chi connectivity index (χ1n) is 8.35. The smallest absolute Gasteiger partial charge is 0.274 e. The second-order valence-electron chi connectivity index (χ2n) is 6.37. The topological polar surface area (TPSA) is 58.4 Å². The molecule has 0 atom stereocenters. The van der Waals surface area contributed by atoms with Crippen LogP contribution in [0.4, 0.5) is 4.39 Å². The maximum atomic E-state index is 13.1. The van der Waals surface area contributed by atoms with Crippen molar-refractivity contribution in [3.8, 4) is 5.69 Å². The van der Waals surface area contributed by atoms with E-state index in [-0.39, 0.29) is 17.2 Å². The molecule has 0 unspecified atom stereocenters. The zero-order valence-corrected chi connectivity index (χ0v) is 14.4. The molecule has 2 aromatic rings. The van der Waals surface area contributed by atoms with Crippen LogP contribution in [0, 0.1) is 5.82 Å². The van der Waals surface area contributed by atoms with Crippen LogP contribution in [0.3, 0.4) is 0 Å². The van der Waals surface area contributed by atoms with Gasteiger partial charge >= 0.3 is 0 Å². The molecule has 0 N–H and O–H groups in total. The van der Waals surface area contributed by atoms with Crippen molar-refractivity contribution in [2.24, 2.45) is 0 Å². The summed E-state index contributed by atoms with van der Waals surface area (Å²) in [4.78, 5) is 28.8. The molecule has 1 aliphatic heterocycles. The number of carbonyl (C=O) groups is 1. The van der Waals surface area contributed by atoms with Crippen LogP contribution in [-0.4, -0.2) is 57.7 Å². The third-order valence-electron chi connectivity index (χ3n) is 4.42. The van der Waals surface area contributed by atoms with Crippen LogP contribution >= 0.6 is 0 Å². The molecule has 3 rings (SSSR count). The van der Waals surface area contributed by atoms with Crippen LogP contribution in [-0.2, 0) is 0 Å². The van der Waals surface area contributed by atoms with Gasteiger partial charge in [-0.15, -0.1) is 0 Å². The number of halogens is 1. The van der Waals surface area contributed by atoms with E-state index < -0.39 is 5.82 Å². The lowest BCUT2D eigenvalue weighted by Gasteiger charge is -2.36. The average Bonchev–Trinajstić information content (AvgIpc) is 2.62. The molecular formula is C18H21FN4O2. The summed E-state index contributed by atoms with van der Waals surface area (Å²) in [5, 5.41) is 4.18. The van der Waals surface area contributed by atoms with Gasteiger partial charge in [-0.1, -0.05) is 0 Å². The zero-order valence-electron chi connectivity index (χ0n) is 14.4. The van der Waals surface area contributed by atoms with Gasteiger partial charge in [0.05, 0.1) is 5.69 Å². The third kappa shape index (κ3) is 3.76. The molecule has 132 valence electrons. The highest BCUT2D eigenvalue weighted by molar-refractivity contribution is 5.92. The molecule has 0 radical (unpaired) electrons. The van der Waals surface area contributed by atoms with E-state index in [1.165, 1.54) is 36.4 Å². The normalized spacial score (nSPS) is 15.6. The van der Waals surface area contributed by atoms with Crippen molar-refractivity contribution >= 4 is 5.91 Å². The zero-order chi connectivity index (χ0) is 18.0. The molecule has 1 fully saturated rings. The summed E-state index contributed by atoms with van der Waals surface area (Å²) in [5.74, 6) is -0.591. The van der Waals surface area contributed by atoms with Crippen LogP contribution in [0.25, 0.3) is 5.69 Å². The van der Waals surface area contributed by atoms with E-state index in [0.717, 1.165) is 17.8 Å². The number of hydrogen-bond donors (Lipinski definition) is 0. The summed E-state index contributed by atoms with van der Waals surface area (Å²) in [7, 11) is 0. The Balaban J connectivity index is 1.81. The minimum absolute atomic E-state index is 0.195. The van der Waals surface area contributed by atoms with Gasteiger partial charge in [0.1, 0.15) is 11.5 Å². The SMILES string of the molecule is CC(C)N1CCN(C(=O)c2ccc(=O)n(-c3ccc(F)cc3)n2)CC1. The fourth-order valence-corrected chi connectivity index (χ4v) is 2.90. The molecule has 0 saturated carbocycles. The molecule has 1 saturated heterocycles. The van der Waals surface area contributed by atoms with Crippen LogP contribution in [0.1, 0.15) is 24.3 Å². The van der Waals surface area contributed by atoms with E-state index in [2.05, 4.69) is 23.8 Å². The molecule has 2 heterocycles. The van der Waals surface area contributed by atoms with Gasteiger partial charge < -0.3 is 4.90 Å². The summed E-state index contributed by atoms with van der Waals surface area (Å²) >= 11 is 0. The van der Waals surface area contributed by atoms with Crippen molar-refractivity contribution < 1.29 is 9.18 Å². The number of piperazine rings is 1. The Labute approximate surface area is 145 Å². The standard InChI is InChI=1S/C18H21FN4O2/c1-13(2)21-9-11-22(12-10-21)18(25)16-7-8-17(24)23(20-16)15-5-3-14(19)4-6-15/h3-8,13H,9-12H2,1-2H3. The van der Waals surface area contributed by atoms with Crippen molar-refractivity contribution in [3.05, 3.63) is 58.3 Å². The van der Waals surface area contributed by atoms with Crippen molar-refractivity contribution in [3.63, 3.8) is 0 Å². The molecule has 1 aromatic heterocycles. The summed E-state index contributed by atoms with van der Waals surface area (Å²) in [6.07, 6.45) is 0. The highest BCUT2D eigenvalue weighted by Gasteiger charge is 2.24. The lowest BCUT2D eigenvalue weighted by molar-refractivity contribution is 0.0588. The second kappa shape index (κ2) is 7.14. The van der Waals surface area contributed by atoms with Gasteiger partial charge in [-0.2, -0.15) is 9.78 Å². The number of carbonyl (C=O) groups excluding carboxylic acids is 1. The lowest BCUT2D eigenvalue weighted by atomic mass is 10.2. The molecule has 1 aromatic carbocycles. The number of nitrogens with zero attached hydrogens (tertiary/aromatic N) is 4. The maximum absolute atomic E-state index is 13.1. The van der Waals surface area contributed by atoms with Gasteiger partial charge in [-0.05, 0) is 44.2 Å². The summed E-state index contributed by atoms with van der Waals surface area (Å²) in [6.45, 7) is 7.18. The number of rotatable bonds is 3. The highest BCUT2D eigenvalue weighted by Crippen LogP contribution is 2.10. The summed E-state index contributed by atoms with van der Waals surface area (Å²) in [5.41, 5.74) is 0.264. The number of hydrogen-bond acceptors (Lipinski definition) is 4. The van der Waals surface area contributed by atoms with Crippen molar-refractivity contribution in [2.75, 3.05) is 26.2 Å². The Morgan fingerprint density at radius 2 is 1.68 bits per heavy atom.